The van der Waals surface area contributed by atoms with Gasteiger partial charge in [0.25, 0.3) is 5.78 Å². The molecule has 0 spiro atoms. The summed E-state index contributed by atoms with van der Waals surface area (Å²) < 4.78 is 1.71. The summed E-state index contributed by atoms with van der Waals surface area (Å²) in [6, 6.07) is 7.57. The summed E-state index contributed by atoms with van der Waals surface area (Å²) in [7, 11) is 1.80. The molecule has 0 unspecified atom stereocenters. The molecule has 0 atom stereocenters. The lowest BCUT2D eigenvalue weighted by Gasteiger charge is -2.18. The van der Waals surface area contributed by atoms with E-state index in [0.717, 1.165) is 22.5 Å². The minimum Gasteiger partial charge on any atom is -0.341 e. The molecule has 1 amide bonds. The number of fused-ring (bicyclic) bond motifs is 1. The highest BCUT2D eigenvalue weighted by atomic mass is 35.5. The summed E-state index contributed by atoms with van der Waals surface area (Å²) in [4.78, 5) is 22.8. The van der Waals surface area contributed by atoms with Gasteiger partial charge in [0, 0.05) is 36.4 Å². The van der Waals surface area contributed by atoms with Gasteiger partial charge in [0.15, 0.2) is 0 Å². The van der Waals surface area contributed by atoms with Crippen molar-refractivity contribution >= 4 is 23.3 Å². The molecule has 25 heavy (non-hydrogen) atoms. The maximum atomic E-state index is 12.5. The number of halogens is 1. The van der Waals surface area contributed by atoms with Crippen molar-refractivity contribution in [3.8, 4) is 0 Å². The van der Waals surface area contributed by atoms with Crippen LogP contribution in [0.2, 0.25) is 5.02 Å². The lowest BCUT2D eigenvalue weighted by Crippen LogP contribution is -2.26. The summed E-state index contributed by atoms with van der Waals surface area (Å²) in [6.07, 6.45) is 2.51. The van der Waals surface area contributed by atoms with Gasteiger partial charge in [-0.2, -0.15) is 10.1 Å². The van der Waals surface area contributed by atoms with Gasteiger partial charge in [-0.3, -0.25) is 4.79 Å². The zero-order chi connectivity index (χ0) is 18.0. The first-order chi connectivity index (χ1) is 12.0. The van der Waals surface area contributed by atoms with Crippen LogP contribution in [0.15, 0.2) is 30.6 Å². The van der Waals surface area contributed by atoms with Crippen molar-refractivity contribution < 1.29 is 4.79 Å². The van der Waals surface area contributed by atoms with Crippen LogP contribution >= 0.6 is 11.6 Å². The van der Waals surface area contributed by atoms with Crippen molar-refractivity contribution in [3.63, 3.8) is 0 Å². The number of amides is 1. The number of nitrogens with zero attached hydrogens (tertiary/aromatic N) is 5. The Morgan fingerprint density at radius 2 is 2.04 bits per heavy atom. The van der Waals surface area contributed by atoms with Crippen LogP contribution in [0.4, 0.5) is 0 Å². The molecule has 2 aromatic heterocycles. The van der Waals surface area contributed by atoms with Gasteiger partial charge in [0.2, 0.25) is 5.91 Å². The molecule has 0 aliphatic carbocycles. The van der Waals surface area contributed by atoms with E-state index >= 15 is 0 Å². The SMILES string of the molecule is Cc1nc2ncnn2c(C)c1CCC(=O)N(C)Cc1ccccc1Cl. The van der Waals surface area contributed by atoms with Crippen LogP contribution in [-0.2, 0) is 17.8 Å². The van der Waals surface area contributed by atoms with Gasteiger partial charge in [0.05, 0.1) is 0 Å². The molecule has 7 heteroatoms. The molecule has 6 nitrogen and oxygen atoms in total. The van der Waals surface area contributed by atoms with Crippen molar-refractivity contribution in [1.29, 1.82) is 0 Å². The predicted octanol–water partition coefficient (Wildman–Crippen LogP) is 2.99. The van der Waals surface area contributed by atoms with Crippen LogP contribution in [0.25, 0.3) is 5.78 Å². The van der Waals surface area contributed by atoms with Crippen LogP contribution in [-0.4, -0.2) is 37.4 Å². The maximum absolute atomic E-state index is 12.5. The van der Waals surface area contributed by atoms with Crippen LogP contribution < -0.4 is 0 Å². The Hall–Kier alpha value is -2.47. The third-order valence-electron chi connectivity index (χ3n) is 4.37. The number of benzene rings is 1. The van der Waals surface area contributed by atoms with Crippen LogP contribution in [0.1, 0.15) is 28.9 Å². The average molecular weight is 358 g/mol. The molecule has 0 saturated carbocycles. The largest absolute Gasteiger partial charge is 0.341 e. The Morgan fingerprint density at radius 3 is 2.80 bits per heavy atom. The Bertz CT molecular complexity index is 921. The molecule has 0 bridgehead atoms. The first kappa shape index (κ1) is 17.4. The minimum absolute atomic E-state index is 0.0670. The number of carbonyl (C=O) groups excluding carboxylic acids is 1. The standard InChI is InChI=1S/C18H20ClN5O/c1-12-15(13(2)24-18(22-12)20-11-21-24)8-9-17(25)23(3)10-14-6-4-5-7-16(14)19/h4-7,11H,8-10H2,1-3H3. The molecule has 0 aliphatic rings. The highest BCUT2D eigenvalue weighted by Gasteiger charge is 2.15. The lowest BCUT2D eigenvalue weighted by molar-refractivity contribution is -0.130. The fourth-order valence-corrected chi connectivity index (χ4v) is 3.11. The Kier molecular flexibility index (Phi) is 4.99. The fourth-order valence-electron chi connectivity index (χ4n) is 2.91. The van der Waals surface area contributed by atoms with E-state index in [9.17, 15) is 4.79 Å². The number of rotatable bonds is 5. The zero-order valence-electron chi connectivity index (χ0n) is 14.5. The summed E-state index contributed by atoms with van der Waals surface area (Å²) >= 11 is 6.17. The topological polar surface area (TPSA) is 63.4 Å². The van der Waals surface area contributed by atoms with E-state index in [1.165, 1.54) is 6.33 Å². The van der Waals surface area contributed by atoms with Crippen molar-refractivity contribution in [2.45, 2.75) is 33.2 Å². The maximum Gasteiger partial charge on any atom is 0.252 e. The first-order valence-corrected chi connectivity index (χ1v) is 8.48. The van der Waals surface area contributed by atoms with Crippen LogP contribution in [0.5, 0.6) is 0 Å². The molecule has 0 radical (unpaired) electrons. The first-order valence-electron chi connectivity index (χ1n) is 8.10. The Labute approximate surface area is 151 Å². The lowest BCUT2D eigenvalue weighted by atomic mass is 10.1. The van der Waals surface area contributed by atoms with E-state index in [0.29, 0.717) is 30.2 Å². The Morgan fingerprint density at radius 1 is 1.28 bits per heavy atom. The van der Waals surface area contributed by atoms with Gasteiger partial charge in [-0.15, -0.1) is 0 Å². The van der Waals surface area contributed by atoms with Crippen molar-refractivity contribution in [1.82, 2.24) is 24.5 Å². The smallest absolute Gasteiger partial charge is 0.252 e. The summed E-state index contributed by atoms with van der Waals surface area (Å²) in [5.74, 6) is 0.651. The molecule has 130 valence electrons. The molecule has 3 aromatic rings. The van der Waals surface area contributed by atoms with Crippen LogP contribution in [0.3, 0.4) is 0 Å². The van der Waals surface area contributed by atoms with Gasteiger partial charge in [-0.1, -0.05) is 29.8 Å². The third-order valence-corrected chi connectivity index (χ3v) is 4.74. The quantitative estimate of drug-likeness (QED) is 0.704. The highest BCUT2D eigenvalue weighted by molar-refractivity contribution is 6.31. The fraction of sp³-hybridized carbons (Fsp3) is 0.333. The van der Waals surface area contributed by atoms with Crippen molar-refractivity contribution in [2.75, 3.05) is 7.05 Å². The highest BCUT2D eigenvalue weighted by Crippen LogP contribution is 2.18. The number of hydrogen-bond acceptors (Lipinski definition) is 4. The van der Waals surface area contributed by atoms with Crippen LogP contribution in [0, 0.1) is 13.8 Å². The van der Waals surface area contributed by atoms with E-state index in [-0.39, 0.29) is 5.91 Å². The van der Waals surface area contributed by atoms with Crippen molar-refractivity contribution in [3.05, 3.63) is 58.1 Å². The number of aromatic nitrogens is 4. The normalized spacial score (nSPS) is 11.0. The van der Waals surface area contributed by atoms with Gasteiger partial charge in [-0.25, -0.2) is 9.50 Å². The molecule has 0 aliphatic heterocycles. The van der Waals surface area contributed by atoms with E-state index in [4.69, 9.17) is 11.6 Å². The summed E-state index contributed by atoms with van der Waals surface area (Å²) in [5, 5.41) is 4.86. The minimum atomic E-state index is 0.0670. The number of aryl methyl sites for hydroxylation is 2. The van der Waals surface area contributed by atoms with Gasteiger partial charge in [-0.05, 0) is 37.5 Å². The second kappa shape index (κ2) is 7.19. The van der Waals surface area contributed by atoms with E-state index in [1.807, 2.05) is 38.1 Å². The van der Waals surface area contributed by atoms with Gasteiger partial charge >= 0.3 is 0 Å². The summed E-state index contributed by atoms with van der Waals surface area (Å²) in [6.45, 7) is 4.41. The predicted molar refractivity (Wildman–Crippen MR) is 96.5 cm³/mol. The van der Waals surface area contributed by atoms with Gasteiger partial charge in [0.1, 0.15) is 6.33 Å². The number of hydrogen-bond donors (Lipinski definition) is 0. The second-order valence-corrected chi connectivity index (χ2v) is 6.48. The number of carbonyl (C=O) groups is 1. The zero-order valence-corrected chi connectivity index (χ0v) is 15.3. The third kappa shape index (κ3) is 3.64. The van der Waals surface area contributed by atoms with Gasteiger partial charge < -0.3 is 4.90 Å². The molecular formula is C18H20ClN5O. The Balaban J connectivity index is 1.69. The molecule has 0 N–H and O–H groups in total. The average Bonchev–Trinajstić information content (AvgIpc) is 3.05. The molecule has 1 aromatic carbocycles. The van der Waals surface area contributed by atoms with E-state index in [1.54, 1.807) is 16.5 Å². The monoisotopic (exact) mass is 357 g/mol. The molecule has 3 rings (SSSR count). The second-order valence-electron chi connectivity index (χ2n) is 6.07. The molecular weight excluding hydrogens is 338 g/mol. The molecule has 0 saturated heterocycles. The van der Waals surface area contributed by atoms with E-state index in [2.05, 4.69) is 15.1 Å². The summed E-state index contributed by atoms with van der Waals surface area (Å²) in [5.41, 5.74) is 3.84. The van der Waals surface area contributed by atoms with E-state index < -0.39 is 0 Å². The molecule has 0 fully saturated rings. The molecule has 2 heterocycles. The van der Waals surface area contributed by atoms with Crippen molar-refractivity contribution in [2.24, 2.45) is 0 Å².